The van der Waals surface area contributed by atoms with E-state index in [1.54, 1.807) is 6.07 Å². The van der Waals surface area contributed by atoms with E-state index in [4.69, 9.17) is 11.6 Å². The van der Waals surface area contributed by atoms with E-state index in [-0.39, 0.29) is 10.9 Å². The summed E-state index contributed by atoms with van der Waals surface area (Å²) >= 11 is 9.13. The van der Waals surface area contributed by atoms with Crippen molar-refractivity contribution in [3.63, 3.8) is 0 Å². The van der Waals surface area contributed by atoms with Crippen molar-refractivity contribution in [2.24, 2.45) is 5.92 Å². The van der Waals surface area contributed by atoms with Crippen molar-refractivity contribution in [3.8, 4) is 0 Å². The summed E-state index contributed by atoms with van der Waals surface area (Å²) in [6.07, 6.45) is 4.09. The molecule has 2 rings (SSSR count). The molecule has 0 aromatic heterocycles. The third-order valence-corrected chi connectivity index (χ3v) is 6.19. The second kappa shape index (κ2) is 6.12. The Bertz CT molecular complexity index is 562. The van der Waals surface area contributed by atoms with Gasteiger partial charge in [-0.05, 0) is 52.9 Å². The molecule has 0 radical (unpaired) electrons. The predicted molar refractivity (Wildman–Crippen MR) is 80.9 cm³/mol. The van der Waals surface area contributed by atoms with Crippen LogP contribution in [0.4, 0.5) is 0 Å². The normalized spacial score (nSPS) is 24.4. The lowest BCUT2D eigenvalue weighted by Crippen LogP contribution is -2.37. The van der Waals surface area contributed by atoms with Crippen LogP contribution in [0, 0.1) is 5.92 Å². The minimum absolute atomic E-state index is 0.0446. The molecule has 1 fully saturated rings. The Labute approximate surface area is 127 Å². The van der Waals surface area contributed by atoms with Gasteiger partial charge in [0.15, 0.2) is 0 Å². The first-order chi connectivity index (χ1) is 8.88. The SMILES string of the molecule is CC1CCCC(NS(=O)(=O)c2ccc(Cl)c(Br)c2)C1. The molecule has 0 aliphatic heterocycles. The maximum absolute atomic E-state index is 12.3. The fourth-order valence-corrected chi connectivity index (χ4v) is 4.43. The van der Waals surface area contributed by atoms with Gasteiger partial charge >= 0.3 is 0 Å². The molecule has 2 atom stereocenters. The Balaban J connectivity index is 2.15. The van der Waals surface area contributed by atoms with Gasteiger partial charge in [0.2, 0.25) is 10.0 Å². The molecule has 1 aliphatic rings. The number of nitrogens with one attached hydrogen (secondary N) is 1. The van der Waals surface area contributed by atoms with Gasteiger partial charge in [-0.1, -0.05) is 31.4 Å². The fourth-order valence-electron chi connectivity index (χ4n) is 2.47. The summed E-state index contributed by atoms with van der Waals surface area (Å²) in [6, 6.07) is 4.70. The topological polar surface area (TPSA) is 46.2 Å². The first-order valence-electron chi connectivity index (χ1n) is 6.36. The Kier molecular flexibility index (Phi) is 4.93. The van der Waals surface area contributed by atoms with Gasteiger partial charge in [-0.2, -0.15) is 0 Å². The fraction of sp³-hybridized carbons (Fsp3) is 0.538. The van der Waals surface area contributed by atoms with Crippen LogP contribution < -0.4 is 4.72 Å². The summed E-state index contributed by atoms with van der Waals surface area (Å²) in [5, 5.41) is 0.505. The van der Waals surface area contributed by atoms with E-state index in [0.717, 1.165) is 19.3 Å². The largest absolute Gasteiger partial charge is 0.240 e. The minimum atomic E-state index is -3.46. The summed E-state index contributed by atoms with van der Waals surface area (Å²) in [6.45, 7) is 2.17. The molecular formula is C13H17BrClNO2S. The molecule has 2 unspecified atom stereocenters. The number of sulfonamides is 1. The standard InChI is InChI=1S/C13H17BrClNO2S/c1-9-3-2-4-10(7-9)16-19(17,18)11-5-6-13(15)12(14)8-11/h5-6,8-10,16H,2-4,7H2,1H3. The van der Waals surface area contributed by atoms with Crippen LogP contribution in [0.3, 0.4) is 0 Å². The van der Waals surface area contributed by atoms with Crippen molar-refractivity contribution >= 4 is 37.6 Å². The highest BCUT2D eigenvalue weighted by Gasteiger charge is 2.24. The van der Waals surface area contributed by atoms with Crippen LogP contribution in [-0.2, 0) is 10.0 Å². The third-order valence-electron chi connectivity index (χ3n) is 3.46. The molecule has 0 saturated heterocycles. The van der Waals surface area contributed by atoms with Crippen LogP contribution in [-0.4, -0.2) is 14.5 Å². The summed E-state index contributed by atoms with van der Waals surface area (Å²) < 4.78 is 28.0. The van der Waals surface area contributed by atoms with E-state index in [1.165, 1.54) is 18.6 Å². The first kappa shape index (κ1) is 15.3. The summed E-state index contributed by atoms with van der Waals surface area (Å²) in [5.74, 6) is 0.582. The van der Waals surface area contributed by atoms with Gasteiger partial charge in [0, 0.05) is 10.5 Å². The molecule has 0 spiro atoms. The Morgan fingerprint density at radius 3 is 2.74 bits per heavy atom. The smallest absolute Gasteiger partial charge is 0.208 e. The van der Waals surface area contributed by atoms with Crippen LogP contribution in [0.25, 0.3) is 0 Å². The zero-order valence-corrected chi connectivity index (χ0v) is 13.9. The monoisotopic (exact) mass is 365 g/mol. The van der Waals surface area contributed by atoms with Gasteiger partial charge in [-0.3, -0.25) is 0 Å². The van der Waals surface area contributed by atoms with Crippen molar-refractivity contribution in [2.75, 3.05) is 0 Å². The molecule has 6 heteroatoms. The maximum Gasteiger partial charge on any atom is 0.240 e. The van der Waals surface area contributed by atoms with E-state index in [2.05, 4.69) is 27.6 Å². The zero-order valence-electron chi connectivity index (χ0n) is 10.7. The molecule has 1 aromatic rings. The van der Waals surface area contributed by atoms with E-state index < -0.39 is 10.0 Å². The van der Waals surface area contributed by atoms with Crippen molar-refractivity contribution in [2.45, 2.75) is 43.5 Å². The Hall–Kier alpha value is -0.100. The van der Waals surface area contributed by atoms with Gasteiger partial charge in [0.1, 0.15) is 0 Å². The number of hydrogen-bond acceptors (Lipinski definition) is 2. The molecular weight excluding hydrogens is 350 g/mol. The van der Waals surface area contributed by atoms with Crippen molar-refractivity contribution < 1.29 is 8.42 Å². The van der Waals surface area contributed by atoms with E-state index in [0.29, 0.717) is 15.4 Å². The lowest BCUT2D eigenvalue weighted by molar-refractivity contribution is 0.327. The van der Waals surface area contributed by atoms with Gasteiger partial charge in [0.05, 0.1) is 9.92 Å². The van der Waals surface area contributed by atoms with Gasteiger partial charge in [-0.25, -0.2) is 13.1 Å². The van der Waals surface area contributed by atoms with Gasteiger partial charge in [-0.15, -0.1) is 0 Å². The van der Waals surface area contributed by atoms with Crippen LogP contribution >= 0.6 is 27.5 Å². The molecule has 1 saturated carbocycles. The lowest BCUT2D eigenvalue weighted by Gasteiger charge is -2.27. The molecule has 3 nitrogen and oxygen atoms in total. The molecule has 19 heavy (non-hydrogen) atoms. The molecule has 1 aromatic carbocycles. The number of hydrogen-bond donors (Lipinski definition) is 1. The quantitative estimate of drug-likeness (QED) is 0.880. The molecule has 1 N–H and O–H groups in total. The van der Waals surface area contributed by atoms with E-state index >= 15 is 0 Å². The first-order valence-corrected chi connectivity index (χ1v) is 9.01. The van der Waals surface area contributed by atoms with Crippen molar-refractivity contribution in [1.82, 2.24) is 4.72 Å². The highest BCUT2D eigenvalue weighted by atomic mass is 79.9. The highest BCUT2D eigenvalue weighted by molar-refractivity contribution is 9.10. The minimum Gasteiger partial charge on any atom is -0.208 e. The summed E-state index contributed by atoms with van der Waals surface area (Å²) in [5.41, 5.74) is 0. The molecule has 106 valence electrons. The van der Waals surface area contributed by atoms with E-state index in [1.807, 2.05) is 0 Å². The van der Waals surface area contributed by atoms with Gasteiger partial charge < -0.3 is 0 Å². The van der Waals surface area contributed by atoms with Crippen LogP contribution in [0.5, 0.6) is 0 Å². The zero-order chi connectivity index (χ0) is 14.0. The molecule has 0 bridgehead atoms. The predicted octanol–water partition coefficient (Wildman–Crippen LogP) is 3.96. The second-order valence-corrected chi connectivity index (χ2v) is 8.14. The van der Waals surface area contributed by atoms with E-state index in [9.17, 15) is 8.42 Å². The number of benzene rings is 1. The maximum atomic E-state index is 12.3. The summed E-state index contributed by atoms with van der Waals surface area (Å²) in [7, 11) is -3.46. The molecule has 0 heterocycles. The third kappa shape index (κ3) is 3.94. The van der Waals surface area contributed by atoms with Crippen LogP contribution in [0.15, 0.2) is 27.6 Å². The van der Waals surface area contributed by atoms with Crippen LogP contribution in [0.1, 0.15) is 32.6 Å². The Morgan fingerprint density at radius 1 is 1.37 bits per heavy atom. The average molecular weight is 367 g/mol. The van der Waals surface area contributed by atoms with Crippen molar-refractivity contribution in [3.05, 3.63) is 27.7 Å². The molecule has 0 amide bonds. The molecule has 1 aliphatic carbocycles. The lowest BCUT2D eigenvalue weighted by atomic mass is 9.88. The number of rotatable bonds is 3. The highest BCUT2D eigenvalue weighted by Crippen LogP contribution is 2.27. The second-order valence-electron chi connectivity index (χ2n) is 5.17. The van der Waals surface area contributed by atoms with Gasteiger partial charge in [0.25, 0.3) is 0 Å². The Morgan fingerprint density at radius 2 is 2.11 bits per heavy atom. The average Bonchev–Trinajstić information content (AvgIpc) is 2.32. The van der Waals surface area contributed by atoms with Crippen LogP contribution in [0.2, 0.25) is 5.02 Å². The summed E-state index contributed by atoms with van der Waals surface area (Å²) in [4.78, 5) is 0.252. The number of halogens is 2. The van der Waals surface area contributed by atoms with Crippen molar-refractivity contribution in [1.29, 1.82) is 0 Å².